The lowest BCUT2D eigenvalue weighted by molar-refractivity contribution is 0.0449. The fourth-order valence-corrected chi connectivity index (χ4v) is 3.59. The summed E-state index contributed by atoms with van der Waals surface area (Å²) in [7, 11) is 1.25. The van der Waals surface area contributed by atoms with Gasteiger partial charge in [-0.1, -0.05) is 5.16 Å². The van der Waals surface area contributed by atoms with Crippen LogP contribution in [0.5, 0.6) is 0 Å². The molecule has 28 heavy (non-hydrogen) atoms. The van der Waals surface area contributed by atoms with E-state index in [0.717, 1.165) is 17.0 Å². The molecule has 3 aromatic heterocycles. The number of pyridine rings is 1. The van der Waals surface area contributed by atoms with Gasteiger partial charge in [0.05, 0.1) is 24.6 Å². The predicted molar refractivity (Wildman–Crippen MR) is 98.9 cm³/mol. The molecule has 0 N–H and O–H groups in total. The summed E-state index contributed by atoms with van der Waals surface area (Å²) in [6, 6.07) is 4.85. The molecule has 0 spiro atoms. The quantitative estimate of drug-likeness (QED) is 0.432. The molecule has 0 aliphatic rings. The molecule has 0 bridgehead atoms. The number of hydrogen-bond donors (Lipinski definition) is 0. The molecule has 3 aromatic rings. The largest absolute Gasteiger partial charge is 0.463 e. The van der Waals surface area contributed by atoms with Crippen molar-refractivity contribution in [3.8, 4) is 0 Å². The van der Waals surface area contributed by atoms with Crippen molar-refractivity contribution in [3.63, 3.8) is 0 Å². The minimum absolute atomic E-state index is 0.00879. The van der Waals surface area contributed by atoms with E-state index in [1.807, 2.05) is 13.8 Å². The standard InChI is InChI=1S/C19H18N2O6S/c1-11-15(12(2)27-21-11)10-28-17-14(5-4-7-20-17)18(22)26-9-13-6-8-25-16(13)19(23)24-3/h4-8H,9-10H2,1-3H3. The molecule has 9 heteroatoms. The topological polar surface area (TPSA) is 105 Å². The lowest BCUT2D eigenvalue weighted by atomic mass is 10.2. The Morgan fingerprint density at radius 2 is 2.04 bits per heavy atom. The zero-order valence-electron chi connectivity index (χ0n) is 15.6. The number of carbonyl (C=O) groups is 2. The number of thioether (sulfide) groups is 1. The number of aromatic nitrogens is 2. The number of rotatable bonds is 7. The van der Waals surface area contributed by atoms with Gasteiger partial charge < -0.3 is 18.4 Å². The van der Waals surface area contributed by atoms with Crippen molar-refractivity contribution in [2.45, 2.75) is 31.2 Å². The third kappa shape index (κ3) is 4.25. The number of methoxy groups -OCH3 is 1. The highest BCUT2D eigenvalue weighted by molar-refractivity contribution is 7.98. The van der Waals surface area contributed by atoms with Crippen LogP contribution < -0.4 is 0 Å². The monoisotopic (exact) mass is 402 g/mol. The Hall–Kier alpha value is -3.07. The van der Waals surface area contributed by atoms with Crippen LogP contribution in [0, 0.1) is 13.8 Å². The summed E-state index contributed by atoms with van der Waals surface area (Å²) >= 11 is 1.39. The van der Waals surface area contributed by atoms with E-state index in [1.54, 1.807) is 24.4 Å². The molecule has 3 heterocycles. The molecule has 0 radical (unpaired) electrons. The molecule has 146 valence electrons. The van der Waals surface area contributed by atoms with Crippen LogP contribution >= 0.6 is 11.8 Å². The maximum Gasteiger partial charge on any atom is 0.374 e. The minimum atomic E-state index is -0.631. The van der Waals surface area contributed by atoms with Gasteiger partial charge in [0, 0.05) is 23.1 Å². The van der Waals surface area contributed by atoms with E-state index in [1.165, 1.54) is 25.1 Å². The Morgan fingerprint density at radius 1 is 1.21 bits per heavy atom. The summed E-state index contributed by atoms with van der Waals surface area (Å²) in [6.07, 6.45) is 2.95. The molecule has 0 saturated carbocycles. The number of aryl methyl sites for hydroxylation is 2. The van der Waals surface area contributed by atoms with Crippen molar-refractivity contribution in [1.29, 1.82) is 0 Å². The van der Waals surface area contributed by atoms with Gasteiger partial charge in [-0.25, -0.2) is 14.6 Å². The predicted octanol–water partition coefficient (Wildman–Crippen LogP) is 3.72. The second-order valence-electron chi connectivity index (χ2n) is 5.79. The van der Waals surface area contributed by atoms with E-state index in [-0.39, 0.29) is 12.4 Å². The van der Waals surface area contributed by atoms with Crippen molar-refractivity contribution >= 4 is 23.7 Å². The average molecular weight is 402 g/mol. The molecule has 0 amide bonds. The molecule has 0 aliphatic carbocycles. The number of hydrogen-bond acceptors (Lipinski definition) is 9. The minimum Gasteiger partial charge on any atom is -0.463 e. The molecule has 0 fully saturated rings. The van der Waals surface area contributed by atoms with Gasteiger partial charge in [0.25, 0.3) is 0 Å². The third-order valence-electron chi connectivity index (χ3n) is 4.00. The van der Waals surface area contributed by atoms with E-state index in [2.05, 4.69) is 14.9 Å². The number of esters is 2. The number of furan rings is 1. The van der Waals surface area contributed by atoms with Crippen LogP contribution in [0.1, 0.15) is 43.5 Å². The Kier molecular flexibility index (Phi) is 6.15. The Bertz CT molecular complexity index is 974. The molecule has 0 atom stereocenters. The van der Waals surface area contributed by atoms with Crippen LogP contribution in [0.15, 0.2) is 44.6 Å². The van der Waals surface area contributed by atoms with Gasteiger partial charge in [0.2, 0.25) is 5.76 Å². The summed E-state index contributed by atoms with van der Waals surface area (Å²) < 4.78 is 20.2. The fraction of sp³-hybridized carbons (Fsp3) is 0.263. The van der Waals surface area contributed by atoms with Crippen molar-refractivity contribution in [2.24, 2.45) is 0 Å². The summed E-state index contributed by atoms with van der Waals surface area (Å²) in [5.41, 5.74) is 2.54. The summed E-state index contributed by atoms with van der Waals surface area (Å²) in [6.45, 7) is 3.58. The first kappa shape index (κ1) is 19.7. The van der Waals surface area contributed by atoms with Gasteiger partial charge in [0.15, 0.2) is 0 Å². The van der Waals surface area contributed by atoms with Gasteiger partial charge >= 0.3 is 11.9 Å². The van der Waals surface area contributed by atoms with Crippen molar-refractivity contribution in [1.82, 2.24) is 10.1 Å². The van der Waals surface area contributed by atoms with Gasteiger partial charge in [0.1, 0.15) is 17.4 Å². The highest BCUT2D eigenvalue weighted by Crippen LogP contribution is 2.27. The number of ether oxygens (including phenoxy) is 2. The Morgan fingerprint density at radius 3 is 2.75 bits per heavy atom. The van der Waals surface area contributed by atoms with E-state index in [9.17, 15) is 9.59 Å². The summed E-state index contributed by atoms with van der Waals surface area (Å²) in [4.78, 5) is 28.5. The zero-order valence-corrected chi connectivity index (χ0v) is 16.4. The van der Waals surface area contributed by atoms with Gasteiger partial charge in [-0.05, 0) is 32.0 Å². The highest BCUT2D eigenvalue weighted by atomic mass is 32.2. The van der Waals surface area contributed by atoms with E-state index >= 15 is 0 Å². The van der Waals surface area contributed by atoms with Crippen molar-refractivity contribution in [3.05, 3.63) is 64.6 Å². The van der Waals surface area contributed by atoms with E-state index in [4.69, 9.17) is 13.7 Å². The second kappa shape index (κ2) is 8.75. The molecular weight excluding hydrogens is 384 g/mol. The molecule has 0 saturated heterocycles. The maximum atomic E-state index is 12.6. The number of carbonyl (C=O) groups excluding carboxylic acids is 2. The van der Waals surface area contributed by atoms with Crippen molar-refractivity contribution < 1.29 is 28.0 Å². The van der Waals surface area contributed by atoms with E-state index in [0.29, 0.717) is 21.9 Å². The van der Waals surface area contributed by atoms with Crippen LogP contribution in [0.25, 0.3) is 0 Å². The van der Waals surface area contributed by atoms with Gasteiger partial charge in [-0.3, -0.25) is 0 Å². The molecule has 0 aliphatic heterocycles. The molecule has 0 unspecified atom stereocenters. The van der Waals surface area contributed by atoms with E-state index < -0.39 is 11.9 Å². The summed E-state index contributed by atoms with van der Waals surface area (Å²) in [5, 5.41) is 4.46. The lowest BCUT2D eigenvalue weighted by Crippen LogP contribution is -2.10. The highest BCUT2D eigenvalue weighted by Gasteiger charge is 2.20. The fourth-order valence-electron chi connectivity index (χ4n) is 2.45. The smallest absolute Gasteiger partial charge is 0.374 e. The van der Waals surface area contributed by atoms with Crippen LogP contribution in [0.3, 0.4) is 0 Å². The molecule has 0 aromatic carbocycles. The summed E-state index contributed by atoms with van der Waals surface area (Å²) in [5.74, 6) is 0.126. The van der Waals surface area contributed by atoms with Crippen LogP contribution in [0.4, 0.5) is 0 Å². The average Bonchev–Trinajstić information content (AvgIpc) is 3.30. The first-order valence-corrected chi connectivity index (χ1v) is 9.31. The molecular formula is C19H18N2O6S. The lowest BCUT2D eigenvalue weighted by Gasteiger charge is -2.08. The second-order valence-corrected chi connectivity index (χ2v) is 6.75. The maximum absolute atomic E-state index is 12.6. The van der Waals surface area contributed by atoms with Crippen LogP contribution in [-0.4, -0.2) is 29.2 Å². The van der Waals surface area contributed by atoms with Gasteiger partial charge in [-0.15, -0.1) is 11.8 Å². The molecule has 3 rings (SSSR count). The molecule has 8 nitrogen and oxygen atoms in total. The first-order chi connectivity index (χ1) is 13.5. The van der Waals surface area contributed by atoms with Crippen molar-refractivity contribution in [2.75, 3.05) is 7.11 Å². The van der Waals surface area contributed by atoms with Crippen LogP contribution in [-0.2, 0) is 21.8 Å². The normalized spacial score (nSPS) is 10.7. The van der Waals surface area contributed by atoms with Crippen LogP contribution in [0.2, 0.25) is 0 Å². The zero-order chi connectivity index (χ0) is 20.1. The first-order valence-electron chi connectivity index (χ1n) is 8.32. The Labute approximate surface area is 165 Å². The number of nitrogens with zero attached hydrogens (tertiary/aromatic N) is 2. The third-order valence-corrected chi connectivity index (χ3v) is 5.03. The Balaban J connectivity index is 1.69. The van der Waals surface area contributed by atoms with Gasteiger partial charge in [-0.2, -0.15) is 0 Å². The SMILES string of the molecule is COC(=O)c1occc1COC(=O)c1cccnc1SCc1c(C)noc1C.